The smallest absolute Gasteiger partial charge is 0.329 e. The molecule has 0 aliphatic carbocycles. The van der Waals surface area contributed by atoms with Crippen LogP contribution in [0.3, 0.4) is 0 Å². The molecule has 6 nitrogen and oxygen atoms in total. The molecule has 0 aliphatic rings. The zero-order chi connectivity index (χ0) is 13.7. The van der Waals surface area contributed by atoms with Crippen LogP contribution in [-0.2, 0) is 14.3 Å². The van der Waals surface area contributed by atoms with Gasteiger partial charge >= 0.3 is 11.9 Å². The molecular formula is C11H16N2O4S. The average molecular weight is 272 g/mol. The normalized spacial score (nSPS) is 12.4. The highest BCUT2D eigenvalue weighted by Crippen LogP contribution is 2.25. The fourth-order valence-electron chi connectivity index (χ4n) is 1.58. The largest absolute Gasteiger partial charge is 0.481 e. The molecule has 18 heavy (non-hydrogen) atoms. The number of methoxy groups -OCH3 is 1. The van der Waals surface area contributed by atoms with Gasteiger partial charge in [0.1, 0.15) is 6.04 Å². The van der Waals surface area contributed by atoms with Crippen LogP contribution in [0.4, 0.5) is 0 Å². The Hall–Kier alpha value is -1.50. The Morgan fingerprint density at radius 3 is 2.72 bits per heavy atom. The number of carboxylic acid groups (broad SMARTS) is 1. The summed E-state index contributed by atoms with van der Waals surface area (Å²) in [6, 6.07) is -0.492. The van der Waals surface area contributed by atoms with E-state index in [4.69, 9.17) is 9.84 Å². The third-order valence-electron chi connectivity index (χ3n) is 2.33. The number of thioether (sulfide) groups is 1. The number of carbonyl (C=O) groups is 2. The van der Waals surface area contributed by atoms with Crippen molar-refractivity contribution in [2.45, 2.75) is 25.0 Å². The van der Waals surface area contributed by atoms with Gasteiger partial charge in [-0.2, -0.15) is 0 Å². The second-order valence-corrected chi connectivity index (χ2v) is 4.95. The van der Waals surface area contributed by atoms with Crippen molar-refractivity contribution in [1.29, 1.82) is 0 Å². The number of imidazole rings is 1. The first-order valence-corrected chi connectivity index (χ1v) is 6.41. The predicted molar refractivity (Wildman–Crippen MR) is 66.5 cm³/mol. The molecule has 1 aromatic heterocycles. The van der Waals surface area contributed by atoms with Crippen molar-refractivity contribution in [1.82, 2.24) is 9.55 Å². The van der Waals surface area contributed by atoms with Crippen LogP contribution >= 0.6 is 11.8 Å². The minimum Gasteiger partial charge on any atom is -0.481 e. The van der Waals surface area contributed by atoms with E-state index in [1.165, 1.54) is 7.11 Å². The summed E-state index contributed by atoms with van der Waals surface area (Å²) in [5, 5.41) is 9.16. The van der Waals surface area contributed by atoms with Gasteiger partial charge in [0, 0.05) is 12.4 Å². The fraction of sp³-hybridized carbons (Fsp3) is 0.545. The van der Waals surface area contributed by atoms with Crippen LogP contribution in [0.15, 0.2) is 17.6 Å². The van der Waals surface area contributed by atoms with E-state index in [0.717, 1.165) is 11.8 Å². The topological polar surface area (TPSA) is 81.4 Å². The van der Waals surface area contributed by atoms with E-state index in [9.17, 15) is 9.59 Å². The maximum atomic E-state index is 11.7. The van der Waals surface area contributed by atoms with Gasteiger partial charge in [-0.05, 0) is 5.92 Å². The number of ether oxygens (including phenoxy) is 1. The Balaban J connectivity index is 2.95. The van der Waals surface area contributed by atoms with Gasteiger partial charge in [-0.3, -0.25) is 4.79 Å². The molecule has 100 valence electrons. The average Bonchev–Trinajstić information content (AvgIpc) is 2.74. The fourth-order valence-corrected chi connectivity index (χ4v) is 2.29. The maximum absolute atomic E-state index is 11.7. The second kappa shape index (κ2) is 6.44. The van der Waals surface area contributed by atoms with E-state index in [-0.39, 0.29) is 17.6 Å². The Morgan fingerprint density at radius 2 is 2.22 bits per heavy atom. The summed E-state index contributed by atoms with van der Waals surface area (Å²) in [6.07, 6.45) is 3.20. The van der Waals surface area contributed by atoms with Crippen LogP contribution < -0.4 is 0 Å². The molecule has 0 aliphatic heterocycles. The van der Waals surface area contributed by atoms with Gasteiger partial charge in [0.25, 0.3) is 0 Å². The quantitative estimate of drug-likeness (QED) is 0.623. The third-order valence-corrected chi connectivity index (χ3v) is 3.30. The standard InChI is InChI=1S/C11H16N2O4S/c1-7(2)9(10(16)17-3)13-5-4-12-11(13)18-6-8(14)15/h4-5,7,9H,6H2,1-3H3,(H,14,15). The molecule has 7 heteroatoms. The van der Waals surface area contributed by atoms with Crippen LogP contribution in [0.2, 0.25) is 0 Å². The molecule has 0 amide bonds. The molecule has 0 spiro atoms. The van der Waals surface area contributed by atoms with Crippen molar-refractivity contribution in [3.8, 4) is 0 Å². The number of hydrogen-bond donors (Lipinski definition) is 1. The molecule has 1 N–H and O–H groups in total. The first kappa shape index (κ1) is 14.6. The van der Waals surface area contributed by atoms with Gasteiger partial charge in [0.15, 0.2) is 5.16 Å². The summed E-state index contributed by atoms with van der Waals surface area (Å²) in [4.78, 5) is 26.4. The molecule has 1 heterocycles. The molecule has 1 rings (SSSR count). The molecule has 0 bridgehead atoms. The molecule has 1 unspecified atom stereocenters. The van der Waals surface area contributed by atoms with Crippen LogP contribution in [0.1, 0.15) is 19.9 Å². The summed E-state index contributed by atoms with van der Waals surface area (Å²) in [6.45, 7) is 3.79. The number of aliphatic carboxylic acids is 1. The zero-order valence-electron chi connectivity index (χ0n) is 10.5. The van der Waals surface area contributed by atoms with Crippen molar-refractivity contribution in [2.24, 2.45) is 5.92 Å². The number of nitrogens with zero attached hydrogens (tertiary/aromatic N) is 2. The highest BCUT2D eigenvalue weighted by Gasteiger charge is 2.27. The molecule has 1 atom stereocenters. The van der Waals surface area contributed by atoms with E-state index in [2.05, 4.69) is 4.98 Å². The number of carbonyl (C=O) groups excluding carboxylic acids is 1. The third kappa shape index (κ3) is 3.49. The van der Waals surface area contributed by atoms with Crippen LogP contribution in [0, 0.1) is 5.92 Å². The summed E-state index contributed by atoms with van der Waals surface area (Å²) >= 11 is 1.08. The van der Waals surface area contributed by atoms with E-state index >= 15 is 0 Å². The highest BCUT2D eigenvalue weighted by molar-refractivity contribution is 7.99. The summed E-state index contributed by atoms with van der Waals surface area (Å²) < 4.78 is 6.42. The molecule has 1 aromatic rings. The maximum Gasteiger partial charge on any atom is 0.329 e. The van der Waals surface area contributed by atoms with E-state index in [1.807, 2.05) is 13.8 Å². The number of carboxylic acids is 1. The first-order valence-electron chi connectivity index (χ1n) is 5.42. The van der Waals surface area contributed by atoms with Gasteiger partial charge in [0.2, 0.25) is 0 Å². The zero-order valence-corrected chi connectivity index (χ0v) is 11.3. The Labute approximate surface area is 109 Å². The van der Waals surface area contributed by atoms with Crippen molar-refractivity contribution in [3.05, 3.63) is 12.4 Å². The molecular weight excluding hydrogens is 256 g/mol. The van der Waals surface area contributed by atoms with E-state index < -0.39 is 12.0 Å². The van der Waals surface area contributed by atoms with Crippen LogP contribution in [0.5, 0.6) is 0 Å². The molecule has 0 saturated heterocycles. The van der Waals surface area contributed by atoms with Crippen LogP contribution in [0.25, 0.3) is 0 Å². The number of hydrogen-bond acceptors (Lipinski definition) is 5. The molecule has 0 saturated carbocycles. The Bertz CT molecular complexity index is 430. The minimum atomic E-state index is -0.922. The van der Waals surface area contributed by atoms with E-state index in [0.29, 0.717) is 5.16 Å². The van der Waals surface area contributed by atoms with Gasteiger partial charge in [-0.15, -0.1) is 0 Å². The first-order chi connectivity index (χ1) is 8.47. The van der Waals surface area contributed by atoms with Crippen molar-refractivity contribution in [3.63, 3.8) is 0 Å². The lowest BCUT2D eigenvalue weighted by Gasteiger charge is -2.21. The molecule has 0 fully saturated rings. The van der Waals surface area contributed by atoms with E-state index in [1.54, 1.807) is 17.0 Å². The Morgan fingerprint density at radius 1 is 1.56 bits per heavy atom. The van der Waals surface area contributed by atoms with Gasteiger partial charge in [0.05, 0.1) is 12.9 Å². The highest BCUT2D eigenvalue weighted by atomic mass is 32.2. The lowest BCUT2D eigenvalue weighted by atomic mass is 10.0. The van der Waals surface area contributed by atoms with Crippen LogP contribution in [-0.4, -0.2) is 39.5 Å². The van der Waals surface area contributed by atoms with Crippen molar-refractivity contribution in [2.75, 3.05) is 12.9 Å². The lowest BCUT2D eigenvalue weighted by Crippen LogP contribution is -2.26. The predicted octanol–water partition coefficient (Wildman–Crippen LogP) is 1.43. The molecule has 0 aromatic carbocycles. The number of aromatic nitrogens is 2. The van der Waals surface area contributed by atoms with Gasteiger partial charge in [-0.25, -0.2) is 9.78 Å². The minimum absolute atomic E-state index is 0.0239. The van der Waals surface area contributed by atoms with Gasteiger partial charge < -0.3 is 14.4 Å². The summed E-state index contributed by atoms with van der Waals surface area (Å²) in [5.41, 5.74) is 0. The number of esters is 1. The van der Waals surface area contributed by atoms with Crippen molar-refractivity contribution < 1.29 is 19.4 Å². The SMILES string of the molecule is COC(=O)C(C(C)C)n1ccnc1SCC(=O)O. The summed E-state index contributed by atoms with van der Waals surface area (Å²) in [7, 11) is 1.33. The van der Waals surface area contributed by atoms with Crippen molar-refractivity contribution >= 4 is 23.7 Å². The monoisotopic (exact) mass is 272 g/mol. The van der Waals surface area contributed by atoms with Gasteiger partial charge in [-0.1, -0.05) is 25.6 Å². The second-order valence-electron chi connectivity index (χ2n) is 4.01. The lowest BCUT2D eigenvalue weighted by molar-refractivity contribution is -0.146. The number of rotatable bonds is 6. The Kier molecular flexibility index (Phi) is 5.21. The summed E-state index contributed by atoms with van der Waals surface area (Å²) in [5.74, 6) is -1.35. The molecule has 0 radical (unpaired) electrons.